The Hall–Kier alpha value is -1.24. The first-order chi connectivity index (χ1) is 6.70. The fourth-order valence-corrected chi connectivity index (χ4v) is 0.845. The van der Waals surface area contributed by atoms with Crippen molar-refractivity contribution in [2.45, 2.75) is 34.6 Å². The van der Waals surface area contributed by atoms with Crippen LogP contribution < -0.4 is 5.73 Å². The Labute approximate surface area is 88.6 Å². The second-order valence-corrected chi connectivity index (χ2v) is 2.39. The molecule has 0 aliphatic heterocycles. The monoisotopic (exact) mass is 193 g/mol. The molecule has 80 valence electrons. The van der Waals surface area contributed by atoms with E-state index in [4.69, 9.17) is 5.73 Å². The van der Waals surface area contributed by atoms with Crippen LogP contribution in [0.4, 0.5) is 0 Å². The molecule has 1 heteroatoms. The number of benzene rings is 1. The van der Waals surface area contributed by atoms with Crippen LogP contribution >= 0.6 is 0 Å². The molecule has 0 radical (unpaired) electrons. The van der Waals surface area contributed by atoms with E-state index in [2.05, 4.69) is 6.58 Å². The first-order valence-corrected chi connectivity index (χ1v) is 5.21. The van der Waals surface area contributed by atoms with Crippen LogP contribution in [0.3, 0.4) is 0 Å². The van der Waals surface area contributed by atoms with Gasteiger partial charge in [-0.1, -0.05) is 58.0 Å². The van der Waals surface area contributed by atoms with Crippen LogP contribution in [-0.4, -0.2) is 0 Å². The van der Waals surface area contributed by atoms with Crippen LogP contribution in [0.5, 0.6) is 0 Å². The molecule has 0 saturated carbocycles. The molecule has 0 saturated heterocycles. The maximum atomic E-state index is 5.49. The van der Waals surface area contributed by atoms with Crippen LogP contribution in [0.1, 0.15) is 38.8 Å². The summed E-state index contributed by atoms with van der Waals surface area (Å²) in [5, 5.41) is 0. The van der Waals surface area contributed by atoms with Gasteiger partial charge < -0.3 is 5.73 Å². The van der Waals surface area contributed by atoms with Crippen LogP contribution in [0.2, 0.25) is 0 Å². The van der Waals surface area contributed by atoms with Crippen molar-refractivity contribution in [1.29, 1.82) is 0 Å². The highest BCUT2D eigenvalue weighted by molar-refractivity contribution is 5.60. The van der Waals surface area contributed by atoms with Gasteiger partial charge >= 0.3 is 0 Å². The molecule has 0 aliphatic rings. The smallest absolute Gasteiger partial charge is 0.0314 e. The number of rotatable bonds is 1. The molecule has 1 aromatic carbocycles. The van der Waals surface area contributed by atoms with E-state index in [0.717, 1.165) is 5.56 Å². The lowest BCUT2D eigenvalue weighted by Crippen LogP contribution is -1.93. The number of hydrogen-bond donors (Lipinski definition) is 1. The maximum Gasteiger partial charge on any atom is 0.0314 e. The van der Waals surface area contributed by atoms with E-state index in [0.29, 0.717) is 5.70 Å². The normalized spacial score (nSPS) is 7.50. The average molecular weight is 193 g/mol. The summed E-state index contributed by atoms with van der Waals surface area (Å²) in [4.78, 5) is 0. The molecule has 14 heavy (non-hydrogen) atoms. The molecular weight excluding hydrogens is 170 g/mol. The number of nitrogens with two attached hydrogens (primary N) is 1. The molecule has 0 bridgehead atoms. The summed E-state index contributed by atoms with van der Waals surface area (Å²) in [6, 6.07) is 7.98. The molecule has 2 N–H and O–H groups in total. The minimum absolute atomic E-state index is 0.628. The summed E-state index contributed by atoms with van der Waals surface area (Å²) in [6.45, 7) is 13.7. The van der Waals surface area contributed by atoms with Crippen molar-refractivity contribution in [3.8, 4) is 0 Å². The van der Waals surface area contributed by atoms with Crippen molar-refractivity contribution < 1.29 is 0 Å². The molecule has 0 heterocycles. The topological polar surface area (TPSA) is 26.0 Å². The Morgan fingerprint density at radius 1 is 1.14 bits per heavy atom. The van der Waals surface area contributed by atoms with Gasteiger partial charge in [-0.3, -0.25) is 0 Å². The lowest BCUT2D eigenvalue weighted by Gasteiger charge is -1.98. The largest absolute Gasteiger partial charge is 0.399 e. The van der Waals surface area contributed by atoms with Gasteiger partial charge in [-0.05, 0) is 18.6 Å². The quantitative estimate of drug-likeness (QED) is 0.717. The van der Waals surface area contributed by atoms with Crippen LogP contribution in [-0.2, 0) is 0 Å². The van der Waals surface area contributed by atoms with Gasteiger partial charge in [-0.25, -0.2) is 0 Å². The van der Waals surface area contributed by atoms with Gasteiger partial charge in [0.1, 0.15) is 0 Å². The zero-order chi connectivity index (χ0) is 11.6. The van der Waals surface area contributed by atoms with Crippen molar-refractivity contribution in [3.05, 3.63) is 42.0 Å². The predicted molar refractivity (Wildman–Crippen MR) is 67.1 cm³/mol. The molecule has 0 spiro atoms. The minimum atomic E-state index is 0.628. The molecule has 0 aliphatic carbocycles. The summed E-state index contributed by atoms with van der Waals surface area (Å²) < 4.78 is 0. The van der Waals surface area contributed by atoms with Gasteiger partial charge in [0, 0.05) is 5.70 Å². The Bertz CT molecular complexity index is 251. The van der Waals surface area contributed by atoms with Gasteiger partial charge in [-0.15, -0.1) is 0 Å². The third-order valence-electron chi connectivity index (χ3n) is 1.39. The Balaban J connectivity index is 0. The molecule has 1 nitrogen and oxygen atoms in total. The third kappa shape index (κ3) is 6.30. The summed E-state index contributed by atoms with van der Waals surface area (Å²) in [6.07, 6.45) is 0. The van der Waals surface area contributed by atoms with Crippen LogP contribution in [0.15, 0.2) is 30.8 Å². The SMILES string of the molecule is C=C(N)c1cccc(C)c1.CC.CC. The number of hydrogen-bond acceptors (Lipinski definition) is 1. The zero-order valence-electron chi connectivity index (χ0n) is 10.1. The second kappa shape index (κ2) is 9.85. The first kappa shape index (κ1) is 15.2. The number of aryl methyl sites for hydroxylation is 1. The highest BCUT2D eigenvalue weighted by Crippen LogP contribution is 2.08. The van der Waals surface area contributed by atoms with E-state index in [9.17, 15) is 0 Å². The van der Waals surface area contributed by atoms with E-state index in [1.54, 1.807) is 0 Å². The Morgan fingerprint density at radius 2 is 1.64 bits per heavy atom. The fraction of sp³-hybridized carbons (Fsp3) is 0.385. The highest BCUT2D eigenvalue weighted by Gasteiger charge is 1.91. The van der Waals surface area contributed by atoms with Gasteiger partial charge in [0.15, 0.2) is 0 Å². The maximum absolute atomic E-state index is 5.49. The van der Waals surface area contributed by atoms with Gasteiger partial charge in [0.05, 0.1) is 0 Å². The van der Waals surface area contributed by atoms with Gasteiger partial charge in [0.2, 0.25) is 0 Å². The minimum Gasteiger partial charge on any atom is -0.399 e. The molecular formula is C13H23N. The van der Waals surface area contributed by atoms with Crippen molar-refractivity contribution in [2.75, 3.05) is 0 Å². The molecule has 1 aromatic rings. The van der Waals surface area contributed by atoms with E-state index in [-0.39, 0.29) is 0 Å². The van der Waals surface area contributed by atoms with Gasteiger partial charge in [-0.2, -0.15) is 0 Å². The zero-order valence-corrected chi connectivity index (χ0v) is 10.1. The molecule has 0 amide bonds. The summed E-state index contributed by atoms with van der Waals surface area (Å²) in [7, 11) is 0. The van der Waals surface area contributed by atoms with E-state index < -0.39 is 0 Å². The Kier molecular flexibility index (Phi) is 10.7. The molecule has 0 fully saturated rings. The third-order valence-corrected chi connectivity index (χ3v) is 1.39. The first-order valence-electron chi connectivity index (χ1n) is 5.21. The van der Waals surface area contributed by atoms with Crippen molar-refractivity contribution in [2.24, 2.45) is 5.73 Å². The average Bonchev–Trinajstić information content (AvgIpc) is 2.24. The fourth-order valence-electron chi connectivity index (χ4n) is 0.845. The van der Waals surface area contributed by atoms with E-state index in [1.807, 2.05) is 58.9 Å². The van der Waals surface area contributed by atoms with Crippen LogP contribution in [0.25, 0.3) is 5.70 Å². The molecule has 0 aromatic heterocycles. The molecule has 1 rings (SSSR count). The predicted octanol–water partition coefficient (Wildman–Crippen LogP) is 3.98. The summed E-state index contributed by atoms with van der Waals surface area (Å²) in [5.41, 5.74) is 8.34. The molecule has 0 unspecified atom stereocenters. The van der Waals surface area contributed by atoms with Crippen molar-refractivity contribution in [1.82, 2.24) is 0 Å². The van der Waals surface area contributed by atoms with Gasteiger partial charge in [0.25, 0.3) is 0 Å². The molecule has 0 atom stereocenters. The summed E-state index contributed by atoms with van der Waals surface area (Å²) >= 11 is 0. The van der Waals surface area contributed by atoms with E-state index in [1.165, 1.54) is 5.56 Å². The standard InChI is InChI=1S/C9H11N.2C2H6/c1-7-4-3-5-9(6-7)8(2)10;2*1-2/h3-6H,2,10H2,1H3;2*1-2H3. The lowest BCUT2D eigenvalue weighted by molar-refractivity contribution is 1.43. The summed E-state index contributed by atoms with van der Waals surface area (Å²) in [5.74, 6) is 0. The Morgan fingerprint density at radius 3 is 1.93 bits per heavy atom. The lowest BCUT2D eigenvalue weighted by atomic mass is 10.1. The highest BCUT2D eigenvalue weighted by atomic mass is 14.6. The van der Waals surface area contributed by atoms with E-state index >= 15 is 0 Å². The second-order valence-electron chi connectivity index (χ2n) is 2.39. The van der Waals surface area contributed by atoms with Crippen molar-refractivity contribution >= 4 is 5.70 Å². The van der Waals surface area contributed by atoms with Crippen LogP contribution in [0, 0.1) is 6.92 Å². The van der Waals surface area contributed by atoms with Crippen molar-refractivity contribution in [3.63, 3.8) is 0 Å².